The van der Waals surface area contributed by atoms with Gasteiger partial charge in [0.05, 0.1) is 12.8 Å². The number of hydrogen-bond donors (Lipinski definition) is 2. The van der Waals surface area contributed by atoms with Crippen molar-refractivity contribution < 1.29 is 9.53 Å². The highest BCUT2D eigenvalue weighted by Gasteiger charge is 2.08. The van der Waals surface area contributed by atoms with E-state index in [9.17, 15) is 4.79 Å². The molecule has 2 rings (SSSR count). The molecular weight excluding hydrogens is 288 g/mol. The van der Waals surface area contributed by atoms with Crippen LogP contribution in [-0.2, 0) is 4.79 Å². The Hall–Kier alpha value is -2.49. The quantitative estimate of drug-likeness (QED) is 0.845. The lowest BCUT2D eigenvalue weighted by molar-refractivity contribution is -0.116. The van der Waals surface area contributed by atoms with Crippen LogP contribution in [0.3, 0.4) is 0 Å². The standard InChI is InChI=1S/C19H24N2O2/c1-13-5-7-16(15(3)11-13)20-10-9-19(22)21-17-12-14(2)6-8-18(17)23-4/h5-8,11-12,20H,9-10H2,1-4H3,(H,21,22). The van der Waals surface area contributed by atoms with Crippen molar-refractivity contribution in [3.05, 3.63) is 53.1 Å². The number of carbonyl (C=O) groups excluding carboxylic acids is 1. The van der Waals surface area contributed by atoms with E-state index in [4.69, 9.17) is 4.74 Å². The molecule has 0 saturated carbocycles. The van der Waals surface area contributed by atoms with Gasteiger partial charge >= 0.3 is 0 Å². The molecule has 0 aliphatic rings. The number of aryl methyl sites for hydroxylation is 3. The fourth-order valence-electron chi connectivity index (χ4n) is 2.45. The summed E-state index contributed by atoms with van der Waals surface area (Å²) in [6.07, 6.45) is 0.393. The second kappa shape index (κ2) is 7.68. The number of hydrogen-bond acceptors (Lipinski definition) is 3. The Labute approximate surface area is 137 Å². The monoisotopic (exact) mass is 312 g/mol. The summed E-state index contributed by atoms with van der Waals surface area (Å²) < 4.78 is 5.27. The first-order chi connectivity index (χ1) is 11.0. The van der Waals surface area contributed by atoms with Crippen molar-refractivity contribution >= 4 is 17.3 Å². The Bertz CT molecular complexity index is 696. The number of ether oxygens (including phenoxy) is 1. The molecule has 4 heteroatoms. The predicted molar refractivity (Wildman–Crippen MR) is 95.4 cm³/mol. The summed E-state index contributed by atoms with van der Waals surface area (Å²) in [7, 11) is 1.60. The van der Waals surface area contributed by atoms with Crippen LogP contribution in [0.2, 0.25) is 0 Å². The summed E-state index contributed by atoms with van der Waals surface area (Å²) in [4.78, 5) is 12.1. The highest BCUT2D eigenvalue weighted by molar-refractivity contribution is 5.92. The van der Waals surface area contributed by atoms with Crippen molar-refractivity contribution in [2.24, 2.45) is 0 Å². The number of carbonyl (C=O) groups is 1. The number of methoxy groups -OCH3 is 1. The second-order valence-electron chi connectivity index (χ2n) is 5.75. The van der Waals surface area contributed by atoms with E-state index in [1.165, 1.54) is 11.1 Å². The van der Waals surface area contributed by atoms with Crippen LogP contribution in [0, 0.1) is 20.8 Å². The maximum absolute atomic E-state index is 12.1. The predicted octanol–water partition coefficient (Wildman–Crippen LogP) is 4.06. The van der Waals surface area contributed by atoms with E-state index >= 15 is 0 Å². The smallest absolute Gasteiger partial charge is 0.226 e. The Balaban J connectivity index is 1.89. The summed E-state index contributed by atoms with van der Waals surface area (Å²) >= 11 is 0. The fourth-order valence-corrected chi connectivity index (χ4v) is 2.45. The van der Waals surface area contributed by atoms with Gasteiger partial charge in [0.15, 0.2) is 0 Å². The summed E-state index contributed by atoms with van der Waals surface area (Å²) in [5, 5.41) is 6.21. The molecule has 0 aliphatic heterocycles. The third-order valence-electron chi connectivity index (χ3n) is 3.68. The highest BCUT2D eigenvalue weighted by Crippen LogP contribution is 2.25. The molecule has 0 radical (unpaired) electrons. The minimum Gasteiger partial charge on any atom is -0.495 e. The molecule has 0 fully saturated rings. The van der Waals surface area contributed by atoms with Gasteiger partial charge in [-0.2, -0.15) is 0 Å². The van der Waals surface area contributed by atoms with Crippen LogP contribution < -0.4 is 15.4 Å². The molecule has 0 heterocycles. The van der Waals surface area contributed by atoms with Gasteiger partial charge in [0.25, 0.3) is 0 Å². The molecule has 4 nitrogen and oxygen atoms in total. The largest absolute Gasteiger partial charge is 0.495 e. The average Bonchev–Trinajstić information content (AvgIpc) is 2.50. The van der Waals surface area contributed by atoms with Gasteiger partial charge in [0.2, 0.25) is 5.91 Å². The Morgan fingerprint density at radius 2 is 1.70 bits per heavy atom. The minimum absolute atomic E-state index is 0.0360. The molecule has 23 heavy (non-hydrogen) atoms. The van der Waals surface area contributed by atoms with Gasteiger partial charge < -0.3 is 15.4 Å². The molecule has 0 saturated heterocycles. The van der Waals surface area contributed by atoms with E-state index in [0.717, 1.165) is 11.3 Å². The van der Waals surface area contributed by atoms with Crippen LogP contribution in [0.25, 0.3) is 0 Å². The van der Waals surface area contributed by atoms with Gasteiger partial charge in [0, 0.05) is 18.7 Å². The van der Waals surface area contributed by atoms with Crippen molar-refractivity contribution in [2.75, 3.05) is 24.3 Å². The van der Waals surface area contributed by atoms with Crippen molar-refractivity contribution in [2.45, 2.75) is 27.2 Å². The highest BCUT2D eigenvalue weighted by atomic mass is 16.5. The first kappa shape index (κ1) is 16.9. The van der Waals surface area contributed by atoms with Crippen LogP contribution in [0.4, 0.5) is 11.4 Å². The molecule has 0 atom stereocenters. The van der Waals surface area contributed by atoms with E-state index in [1.54, 1.807) is 7.11 Å². The lowest BCUT2D eigenvalue weighted by Crippen LogP contribution is -2.17. The molecule has 0 spiro atoms. The number of nitrogens with one attached hydrogen (secondary N) is 2. The molecule has 2 N–H and O–H groups in total. The zero-order valence-electron chi connectivity index (χ0n) is 14.2. The Morgan fingerprint density at radius 3 is 2.39 bits per heavy atom. The topological polar surface area (TPSA) is 50.4 Å². The molecule has 122 valence electrons. The van der Waals surface area contributed by atoms with Crippen molar-refractivity contribution in [3.63, 3.8) is 0 Å². The van der Waals surface area contributed by atoms with Crippen LogP contribution in [0.15, 0.2) is 36.4 Å². The molecule has 0 bridgehead atoms. The summed E-state index contributed by atoms with van der Waals surface area (Å²) in [6, 6.07) is 12.0. The van der Waals surface area contributed by atoms with Crippen molar-refractivity contribution in [1.82, 2.24) is 0 Å². The van der Waals surface area contributed by atoms with E-state index in [2.05, 4.69) is 36.6 Å². The number of benzene rings is 2. The maximum atomic E-state index is 12.1. The molecule has 2 aromatic carbocycles. The normalized spacial score (nSPS) is 10.3. The molecule has 1 amide bonds. The Kier molecular flexibility index (Phi) is 5.63. The van der Waals surface area contributed by atoms with Crippen molar-refractivity contribution in [1.29, 1.82) is 0 Å². The fraction of sp³-hybridized carbons (Fsp3) is 0.316. The number of anilines is 2. The zero-order valence-corrected chi connectivity index (χ0v) is 14.2. The molecule has 0 unspecified atom stereocenters. The van der Waals surface area contributed by atoms with Gasteiger partial charge in [-0.3, -0.25) is 4.79 Å². The van der Waals surface area contributed by atoms with Gasteiger partial charge in [0.1, 0.15) is 5.75 Å². The SMILES string of the molecule is COc1ccc(C)cc1NC(=O)CCNc1ccc(C)cc1C. The van der Waals surface area contributed by atoms with Crippen LogP contribution in [0.5, 0.6) is 5.75 Å². The first-order valence-corrected chi connectivity index (χ1v) is 7.75. The Morgan fingerprint density at radius 1 is 1.00 bits per heavy atom. The summed E-state index contributed by atoms with van der Waals surface area (Å²) in [6.45, 7) is 6.70. The second-order valence-corrected chi connectivity index (χ2v) is 5.75. The van der Waals surface area contributed by atoms with E-state index in [0.29, 0.717) is 24.4 Å². The van der Waals surface area contributed by atoms with E-state index in [-0.39, 0.29) is 5.91 Å². The lowest BCUT2D eigenvalue weighted by atomic mass is 10.1. The third kappa shape index (κ3) is 4.74. The zero-order chi connectivity index (χ0) is 16.8. The summed E-state index contributed by atoms with van der Waals surface area (Å²) in [5.74, 6) is 0.637. The van der Waals surface area contributed by atoms with Gasteiger partial charge in [-0.15, -0.1) is 0 Å². The van der Waals surface area contributed by atoms with Gasteiger partial charge in [-0.25, -0.2) is 0 Å². The molecule has 0 aromatic heterocycles. The van der Waals surface area contributed by atoms with Crippen LogP contribution in [-0.4, -0.2) is 19.6 Å². The van der Waals surface area contributed by atoms with Crippen LogP contribution >= 0.6 is 0 Å². The van der Waals surface area contributed by atoms with E-state index < -0.39 is 0 Å². The number of amides is 1. The summed E-state index contributed by atoms with van der Waals surface area (Å²) in [5.41, 5.74) is 5.28. The number of rotatable bonds is 6. The molecule has 2 aromatic rings. The lowest BCUT2D eigenvalue weighted by Gasteiger charge is -2.12. The minimum atomic E-state index is -0.0360. The average molecular weight is 312 g/mol. The van der Waals surface area contributed by atoms with Crippen LogP contribution in [0.1, 0.15) is 23.1 Å². The molecule has 0 aliphatic carbocycles. The maximum Gasteiger partial charge on any atom is 0.226 e. The third-order valence-corrected chi connectivity index (χ3v) is 3.68. The van der Waals surface area contributed by atoms with Gasteiger partial charge in [-0.1, -0.05) is 23.8 Å². The molecular formula is C19H24N2O2. The van der Waals surface area contributed by atoms with Gasteiger partial charge in [-0.05, 0) is 50.1 Å². The first-order valence-electron chi connectivity index (χ1n) is 7.75. The van der Waals surface area contributed by atoms with Crippen molar-refractivity contribution in [3.8, 4) is 5.75 Å². The van der Waals surface area contributed by atoms with E-state index in [1.807, 2.05) is 31.2 Å².